The second kappa shape index (κ2) is 9.81. The third kappa shape index (κ3) is 4.96. The molecule has 1 aliphatic heterocycles. The summed E-state index contributed by atoms with van der Waals surface area (Å²) in [6.45, 7) is 4.91. The average Bonchev–Trinajstić information content (AvgIpc) is 2.75. The number of piperidine rings is 1. The third-order valence-electron chi connectivity index (χ3n) is 5.32. The van der Waals surface area contributed by atoms with Crippen LogP contribution in [0.15, 0.2) is 47.4 Å². The molecule has 0 spiro atoms. The van der Waals surface area contributed by atoms with E-state index in [1.807, 2.05) is 38.1 Å². The maximum Gasteiger partial charge on any atom is 0.243 e. The number of sulfonamides is 1. The van der Waals surface area contributed by atoms with Crippen molar-refractivity contribution >= 4 is 33.2 Å². The summed E-state index contributed by atoms with van der Waals surface area (Å²) in [6.07, 6.45) is 1.78. The number of carbonyl (C=O) groups is 1. The first-order chi connectivity index (χ1) is 14.4. The molecule has 1 amide bonds. The molecule has 8 heteroatoms. The highest BCUT2D eigenvalue weighted by Crippen LogP contribution is 2.31. The Labute approximate surface area is 183 Å². The Morgan fingerprint density at radius 1 is 1.17 bits per heavy atom. The minimum atomic E-state index is -3.67. The zero-order valence-corrected chi connectivity index (χ0v) is 18.8. The summed E-state index contributed by atoms with van der Waals surface area (Å²) in [5.74, 6) is 0.184. The summed E-state index contributed by atoms with van der Waals surface area (Å²) in [6, 6.07) is 12.2. The van der Waals surface area contributed by atoms with E-state index in [2.05, 4.69) is 5.32 Å². The number of amides is 1. The number of hydrogen-bond donors (Lipinski definition) is 1. The van der Waals surface area contributed by atoms with Gasteiger partial charge in [0.15, 0.2) is 0 Å². The van der Waals surface area contributed by atoms with E-state index in [9.17, 15) is 13.2 Å². The number of nitrogens with one attached hydrogen (secondary N) is 1. The lowest BCUT2D eigenvalue weighted by molar-refractivity contribution is -0.120. The normalized spacial score (nSPS) is 15.7. The van der Waals surface area contributed by atoms with Crippen molar-refractivity contribution in [2.75, 3.05) is 25.0 Å². The van der Waals surface area contributed by atoms with Crippen LogP contribution in [0.1, 0.15) is 32.3 Å². The second-order valence-corrected chi connectivity index (χ2v) is 9.55. The van der Waals surface area contributed by atoms with Crippen LogP contribution in [0.2, 0.25) is 5.02 Å². The van der Waals surface area contributed by atoms with Crippen molar-refractivity contribution in [3.63, 3.8) is 0 Å². The third-order valence-corrected chi connectivity index (χ3v) is 7.51. The Morgan fingerprint density at radius 3 is 2.50 bits per heavy atom. The van der Waals surface area contributed by atoms with Crippen LogP contribution in [0, 0.1) is 5.92 Å². The van der Waals surface area contributed by atoms with Crippen molar-refractivity contribution in [2.24, 2.45) is 5.92 Å². The highest BCUT2D eigenvalue weighted by Gasteiger charge is 2.32. The molecule has 0 aliphatic carbocycles. The van der Waals surface area contributed by atoms with Gasteiger partial charge in [0.1, 0.15) is 5.75 Å². The van der Waals surface area contributed by atoms with Gasteiger partial charge in [-0.1, -0.05) is 36.7 Å². The minimum absolute atomic E-state index is 0.0583. The molecule has 162 valence electrons. The van der Waals surface area contributed by atoms with E-state index in [0.717, 1.165) is 17.7 Å². The molecule has 0 atom stereocenters. The number of benzene rings is 2. The number of nitrogens with zero attached hydrogens (tertiary/aromatic N) is 1. The molecule has 6 nitrogen and oxygen atoms in total. The van der Waals surface area contributed by atoms with E-state index >= 15 is 0 Å². The molecule has 0 unspecified atom stereocenters. The second-order valence-electron chi connectivity index (χ2n) is 7.20. The fourth-order valence-electron chi connectivity index (χ4n) is 3.61. The van der Waals surface area contributed by atoms with Crippen LogP contribution in [-0.4, -0.2) is 38.3 Å². The molecule has 0 radical (unpaired) electrons. The van der Waals surface area contributed by atoms with Crippen molar-refractivity contribution in [1.29, 1.82) is 0 Å². The number of ether oxygens (including phenoxy) is 1. The molecule has 1 saturated heterocycles. The van der Waals surface area contributed by atoms with Crippen LogP contribution in [-0.2, 0) is 21.2 Å². The van der Waals surface area contributed by atoms with Gasteiger partial charge in [0, 0.05) is 24.7 Å². The lowest BCUT2D eigenvalue weighted by Crippen LogP contribution is -2.41. The fraction of sp³-hybridized carbons (Fsp3) is 0.409. The first-order valence-corrected chi connectivity index (χ1v) is 12.0. The highest BCUT2D eigenvalue weighted by molar-refractivity contribution is 7.89. The molecule has 1 N–H and O–H groups in total. The van der Waals surface area contributed by atoms with Gasteiger partial charge in [0.05, 0.1) is 16.5 Å². The molecule has 2 aromatic rings. The quantitative estimate of drug-likeness (QED) is 0.680. The predicted molar refractivity (Wildman–Crippen MR) is 119 cm³/mol. The molecule has 2 aromatic carbocycles. The lowest BCUT2D eigenvalue weighted by atomic mass is 9.97. The topological polar surface area (TPSA) is 75.7 Å². The van der Waals surface area contributed by atoms with Crippen LogP contribution in [0.25, 0.3) is 0 Å². The molecule has 0 bridgehead atoms. The van der Waals surface area contributed by atoms with Gasteiger partial charge in [-0.2, -0.15) is 4.31 Å². The van der Waals surface area contributed by atoms with Crippen molar-refractivity contribution < 1.29 is 17.9 Å². The Kier molecular flexibility index (Phi) is 7.39. The van der Waals surface area contributed by atoms with Gasteiger partial charge in [-0.3, -0.25) is 4.79 Å². The van der Waals surface area contributed by atoms with Crippen molar-refractivity contribution in [3.8, 4) is 5.75 Å². The summed E-state index contributed by atoms with van der Waals surface area (Å²) in [5.41, 5.74) is 1.90. The van der Waals surface area contributed by atoms with Gasteiger partial charge >= 0.3 is 0 Å². The van der Waals surface area contributed by atoms with E-state index in [1.165, 1.54) is 16.4 Å². The number of aryl methyl sites for hydroxylation is 1. The first-order valence-electron chi connectivity index (χ1n) is 10.2. The van der Waals surface area contributed by atoms with Crippen molar-refractivity contribution in [2.45, 2.75) is 38.0 Å². The molecule has 1 aliphatic rings. The average molecular weight is 451 g/mol. The first kappa shape index (κ1) is 22.6. The zero-order chi connectivity index (χ0) is 21.7. The Balaban J connectivity index is 1.64. The molecule has 1 fully saturated rings. The van der Waals surface area contributed by atoms with Crippen LogP contribution in [0.4, 0.5) is 5.69 Å². The number of anilines is 1. The number of hydrogen-bond acceptors (Lipinski definition) is 4. The molecule has 30 heavy (non-hydrogen) atoms. The highest BCUT2D eigenvalue weighted by atomic mass is 35.5. The van der Waals surface area contributed by atoms with Gasteiger partial charge in [0.25, 0.3) is 0 Å². The molecule has 3 rings (SSSR count). The number of halogens is 1. The maximum absolute atomic E-state index is 13.0. The van der Waals surface area contributed by atoms with Crippen LogP contribution < -0.4 is 10.1 Å². The van der Waals surface area contributed by atoms with Gasteiger partial charge in [-0.15, -0.1) is 0 Å². The molecular weight excluding hydrogens is 424 g/mol. The molecular formula is C22H27ClN2O4S. The smallest absolute Gasteiger partial charge is 0.243 e. The Morgan fingerprint density at radius 2 is 1.87 bits per heavy atom. The number of rotatable bonds is 7. The lowest BCUT2D eigenvalue weighted by Gasteiger charge is -2.30. The monoisotopic (exact) mass is 450 g/mol. The summed E-state index contributed by atoms with van der Waals surface area (Å²) < 4.78 is 32.8. The molecule has 1 heterocycles. The predicted octanol–water partition coefficient (Wildman–Crippen LogP) is 4.34. The van der Waals surface area contributed by atoms with E-state index in [4.69, 9.17) is 16.3 Å². The van der Waals surface area contributed by atoms with Gasteiger partial charge in [0.2, 0.25) is 15.9 Å². The van der Waals surface area contributed by atoms with Crippen LogP contribution in [0.3, 0.4) is 0 Å². The van der Waals surface area contributed by atoms with Gasteiger partial charge in [-0.25, -0.2) is 8.42 Å². The Bertz CT molecular complexity index is 1000. The minimum Gasteiger partial charge on any atom is -0.492 e. The molecule has 0 aromatic heterocycles. The maximum atomic E-state index is 13.0. The standard InChI is InChI=1S/C22H27ClN2O4S/c1-3-16-7-5-6-8-20(16)24-22(26)17-11-13-25(14-12-17)30(27,28)18-9-10-21(29-4-2)19(23)15-18/h5-10,15,17H,3-4,11-14H2,1-2H3,(H,24,26). The number of carbonyl (C=O) groups excluding carboxylic acids is 1. The van der Waals surface area contributed by atoms with E-state index < -0.39 is 10.0 Å². The van der Waals surface area contributed by atoms with E-state index in [1.54, 1.807) is 6.07 Å². The largest absolute Gasteiger partial charge is 0.492 e. The van der Waals surface area contributed by atoms with Crippen molar-refractivity contribution in [3.05, 3.63) is 53.1 Å². The zero-order valence-electron chi connectivity index (χ0n) is 17.2. The Hall–Kier alpha value is -2.09. The van der Waals surface area contributed by atoms with Crippen molar-refractivity contribution in [1.82, 2.24) is 4.31 Å². The summed E-state index contributed by atoms with van der Waals surface area (Å²) in [5, 5.41) is 3.27. The van der Waals surface area contributed by atoms with Gasteiger partial charge < -0.3 is 10.1 Å². The SMILES string of the molecule is CCOc1ccc(S(=O)(=O)N2CCC(C(=O)Nc3ccccc3CC)CC2)cc1Cl. The summed E-state index contributed by atoms with van der Waals surface area (Å²) in [4.78, 5) is 12.8. The van der Waals surface area contributed by atoms with E-state index in [-0.39, 0.29) is 21.7 Å². The summed E-state index contributed by atoms with van der Waals surface area (Å²) in [7, 11) is -3.67. The van der Waals surface area contributed by atoms with E-state index in [0.29, 0.717) is 38.3 Å². The summed E-state index contributed by atoms with van der Waals surface area (Å²) >= 11 is 6.16. The van der Waals surface area contributed by atoms with Crippen LogP contribution in [0.5, 0.6) is 5.75 Å². The molecule has 0 saturated carbocycles. The fourth-order valence-corrected chi connectivity index (χ4v) is 5.40. The van der Waals surface area contributed by atoms with Crippen LogP contribution >= 0.6 is 11.6 Å². The number of para-hydroxylation sites is 1. The van der Waals surface area contributed by atoms with Gasteiger partial charge in [-0.05, 0) is 56.0 Å².